The average molecular weight is 302 g/mol. The molecule has 1 heterocycles. The van der Waals surface area contributed by atoms with Crippen LogP contribution >= 0.6 is 11.6 Å². The molecule has 0 fully saturated rings. The second-order valence-corrected chi connectivity index (χ2v) is 4.95. The van der Waals surface area contributed by atoms with Crippen molar-refractivity contribution in [3.63, 3.8) is 0 Å². The summed E-state index contributed by atoms with van der Waals surface area (Å²) in [5, 5.41) is 3.50. The molecule has 0 aliphatic rings. The molecular formula is C15H12ClN3O2. The number of benzene rings is 2. The van der Waals surface area contributed by atoms with Crippen LogP contribution in [0.5, 0.6) is 0 Å². The van der Waals surface area contributed by atoms with Crippen molar-refractivity contribution in [3.8, 4) is 0 Å². The Bertz CT molecular complexity index is 750. The summed E-state index contributed by atoms with van der Waals surface area (Å²) >= 11 is 5.84. The SMILES string of the molecule is NC(=O)C(Nc1nc2ccccc2o1)c1ccc(Cl)cc1. The van der Waals surface area contributed by atoms with Crippen LogP contribution in [0.3, 0.4) is 0 Å². The fourth-order valence-electron chi connectivity index (χ4n) is 2.03. The highest BCUT2D eigenvalue weighted by Gasteiger charge is 2.20. The number of nitrogens with one attached hydrogen (secondary N) is 1. The quantitative estimate of drug-likeness (QED) is 0.776. The number of para-hydroxylation sites is 2. The third kappa shape index (κ3) is 2.83. The number of fused-ring (bicyclic) bond motifs is 1. The summed E-state index contributed by atoms with van der Waals surface area (Å²) in [6.45, 7) is 0. The van der Waals surface area contributed by atoms with E-state index in [1.54, 1.807) is 30.3 Å². The molecule has 1 unspecified atom stereocenters. The Labute approximate surface area is 125 Å². The molecular weight excluding hydrogens is 290 g/mol. The Morgan fingerprint density at radius 2 is 1.90 bits per heavy atom. The maximum atomic E-state index is 11.7. The molecule has 0 saturated heterocycles. The molecule has 6 heteroatoms. The average Bonchev–Trinajstić information content (AvgIpc) is 2.88. The van der Waals surface area contributed by atoms with E-state index >= 15 is 0 Å². The minimum absolute atomic E-state index is 0.245. The van der Waals surface area contributed by atoms with Crippen LogP contribution in [-0.2, 0) is 4.79 Å². The van der Waals surface area contributed by atoms with Gasteiger partial charge in [0.1, 0.15) is 11.6 Å². The number of carbonyl (C=O) groups excluding carboxylic acids is 1. The number of rotatable bonds is 4. The fourth-order valence-corrected chi connectivity index (χ4v) is 2.16. The van der Waals surface area contributed by atoms with Crippen molar-refractivity contribution in [2.45, 2.75) is 6.04 Å². The Hall–Kier alpha value is -2.53. The summed E-state index contributed by atoms with van der Waals surface area (Å²) in [4.78, 5) is 15.9. The highest BCUT2D eigenvalue weighted by molar-refractivity contribution is 6.30. The number of primary amides is 1. The summed E-state index contributed by atoms with van der Waals surface area (Å²) in [5.41, 5.74) is 7.48. The van der Waals surface area contributed by atoms with E-state index in [1.807, 2.05) is 18.2 Å². The summed E-state index contributed by atoms with van der Waals surface area (Å²) < 4.78 is 5.54. The second-order valence-electron chi connectivity index (χ2n) is 4.52. The number of hydrogen-bond donors (Lipinski definition) is 2. The van der Waals surface area contributed by atoms with Gasteiger partial charge in [0.05, 0.1) is 0 Å². The van der Waals surface area contributed by atoms with Crippen LogP contribution in [0.1, 0.15) is 11.6 Å². The van der Waals surface area contributed by atoms with Crippen molar-refractivity contribution in [2.24, 2.45) is 5.73 Å². The van der Waals surface area contributed by atoms with Gasteiger partial charge >= 0.3 is 0 Å². The lowest BCUT2D eigenvalue weighted by atomic mass is 10.1. The molecule has 1 atom stereocenters. The van der Waals surface area contributed by atoms with E-state index in [0.29, 0.717) is 21.7 Å². The Morgan fingerprint density at radius 1 is 1.19 bits per heavy atom. The lowest BCUT2D eigenvalue weighted by Gasteiger charge is -2.14. The number of amides is 1. The van der Waals surface area contributed by atoms with Crippen LogP contribution in [-0.4, -0.2) is 10.9 Å². The van der Waals surface area contributed by atoms with Crippen LogP contribution in [0.4, 0.5) is 6.01 Å². The zero-order chi connectivity index (χ0) is 14.8. The van der Waals surface area contributed by atoms with E-state index in [9.17, 15) is 4.79 Å². The molecule has 106 valence electrons. The molecule has 5 nitrogen and oxygen atoms in total. The number of anilines is 1. The normalized spacial score (nSPS) is 12.2. The highest BCUT2D eigenvalue weighted by atomic mass is 35.5. The van der Waals surface area contributed by atoms with Gasteiger partial charge in [-0.2, -0.15) is 4.98 Å². The maximum Gasteiger partial charge on any atom is 0.296 e. The number of aromatic nitrogens is 1. The molecule has 0 spiro atoms. The molecule has 1 amide bonds. The third-order valence-electron chi connectivity index (χ3n) is 3.05. The second kappa shape index (κ2) is 5.46. The van der Waals surface area contributed by atoms with Crippen LogP contribution in [0.15, 0.2) is 52.9 Å². The minimum Gasteiger partial charge on any atom is -0.424 e. The van der Waals surface area contributed by atoms with E-state index < -0.39 is 11.9 Å². The van der Waals surface area contributed by atoms with Crippen molar-refractivity contribution >= 4 is 34.6 Å². The van der Waals surface area contributed by atoms with Gasteiger partial charge in [0, 0.05) is 5.02 Å². The number of oxazole rings is 1. The van der Waals surface area contributed by atoms with Crippen molar-refractivity contribution < 1.29 is 9.21 Å². The first-order valence-electron chi connectivity index (χ1n) is 6.30. The number of halogens is 1. The van der Waals surface area contributed by atoms with E-state index in [2.05, 4.69) is 10.3 Å². The molecule has 0 bridgehead atoms. The van der Waals surface area contributed by atoms with Crippen LogP contribution in [0, 0.1) is 0 Å². The predicted octanol–water partition coefficient (Wildman–Crippen LogP) is 3.12. The molecule has 3 rings (SSSR count). The molecule has 0 aliphatic heterocycles. The molecule has 3 aromatic rings. The Kier molecular flexibility index (Phi) is 3.50. The summed E-state index contributed by atoms with van der Waals surface area (Å²) in [6.07, 6.45) is 0. The van der Waals surface area contributed by atoms with Gasteiger partial charge < -0.3 is 15.5 Å². The fraction of sp³-hybridized carbons (Fsp3) is 0.0667. The lowest BCUT2D eigenvalue weighted by molar-refractivity contribution is -0.118. The Balaban J connectivity index is 1.91. The molecule has 21 heavy (non-hydrogen) atoms. The number of hydrogen-bond acceptors (Lipinski definition) is 4. The first-order valence-corrected chi connectivity index (χ1v) is 6.68. The van der Waals surface area contributed by atoms with Crippen LogP contribution in [0.25, 0.3) is 11.1 Å². The van der Waals surface area contributed by atoms with E-state index in [4.69, 9.17) is 21.8 Å². The number of nitrogens with two attached hydrogens (primary N) is 1. The van der Waals surface area contributed by atoms with Gasteiger partial charge in [0.15, 0.2) is 5.58 Å². The lowest BCUT2D eigenvalue weighted by Crippen LogP contribution is -2.27. The largest absolute Gasteiger partial charge is 0.424 e. The van der Waals surface area contributed by atoms with Crippen molar-refractivity contribution in [1.29, 1.82) is 0 Å². The standard InChI is InChI=1S/C15H12ClN3O2/c16-10-7-5-9(6-8-10)13(14(17)20)19-15-18-11-3-1-2-4-12(11)21-15/h1-8,13H,(H2,17,20)(H,18,19). The van der Waals surface area contributed by atoms with Crippen molar-refractivity contribution in [3.05, 3.63) is 59.1 Å². The summed E-state index contributed by atoms with van der Waals surface area (Å²) in [6, 6.07) is 13.7. The van der Waals surface area contributed by atoms with Crippen molar-refractivity contribution in [2.75, 3.05) is 5.32 Å². The minimum atomic E-state index is -0.740. The molecule has 2 aromatic carbocycles. The molecule has 0 radical (unpaired) electrons. The van der Waals surface area contributed by atoms with E-state index in [0.717, 1.165) is 0 Å². The smallest absolute Gasteiger partial charge is 0.296 e. The van der Waals surface area contributed by atoms with Gasteiger partial charge in [0.25, 0.3) is 6.01 Å². The van der Waals surface area contributed by atoms with E-state index in [-0.39, 0.29) is 6.01 Å². The van der Waals surface area contributed by atoms with Gasteiger partial charge in [-0.1, -0.05) is 35.9 Å². The van der Waals surface area contributed by atoms with Gasteiger partial charge in [0.2, 0.25) is 5.91 Å². The monoisotopic (exact) mass is 301 g/mol. The predicted molar refractivity (Wildman–Crippen MR) is 81.0 cm³/mol. The first-order chi connectivity index (χ1) is 10.1. The highest BCUT2D eigenvalue weighted by Crippen LogP contribution is 2.24. The molecule has 0 aliphatic carbocycles. The first kappa shape index (κ1) is 13.5. The van der Waals surface area contributed by atoms with Gasteiger partial charge in [-0.25, -0.2) is 0 Å². The number of nitrogens with zero attached hydrogens (tertiary/aromatic N) is 1. The molecule has 0 saturated carbocycles. The van der Waals surface area contributed by atoms with Gasteiger partial charge in [-0.15, -0.1) is 0 Å². The topological polar surface area (TPSA) is 81.2 Å². The van der Waals surface area contributed by atoms with Crippen molar-refractivity contribution in [1.82, 2.24) is 4.98 Å². The molecule has 1 aromatic heterocycles. The molecule has 3 N–H and O–H groups in total. The summed E-state index contributed by atoms with van der Waals surface area (Å²) in [7, 11) is 0. The van der Waals surface area contributed by atoms with E-state index in [1.165, 1.54) is 0 Å². The van der Waals surface area contributed by atoms with Gasteiger partial charge in [-0.3, -0.25) is 4.79 Å². The zero-order valence-electron chi connectivity index (χ0n) is 10.9. The van der Waals surface area contributed by atoms with Gasteiger partial charge in [-0.05, 0) is 29.8 Å². The Morgan fingerprint density at radius 3 is 2.57 bits per heavy atom. The van der Waals surface area contributed by atoms with Crippen LogP contribution in [0.2, 0.25) is 5.02 Å². The summed E-state index contributed by atoms with van der Waals surface area (Å²) in [5.74, 6) is -0.528. The third-order valence-corrected chi connectivity index (χ3v) is 3.30. The maximum absolute atomic E-state index is 11.7. The van der Waals surface area contributed by atoms with Crippen LogP contribution < -0.4 is 11.1 Å². The zero-order valence-corrected chi connectivity index (χ0v) is 11.7. The number of carbonyl (C=O) groups is 1.